The Kier molecular flexibility index (Phi) is 2.38. The van der Waals surface area contributed by atoms with Crippen molar-refractivity contribution in [1.29, 1.82) is 0 Å². The quantitative estimate of drug-likeness (QED) is 0.754. The Bertz CT molecular complexity index is 869. The maximum atomic E-state index is 11.0. The number of ether oxygens (including phenoxy) is 2. The number of carboxylic acids is 1. The van der Waals surface area contributed by atoms with Gasteiger partial charge in [-0.3, -0.25) is 0 Å². The lowest BCUT2D eigenvalue weighted by atomic mass is 10.2. The van der Waals surface area contributed by atoms with Crippen molar-refractivity contribution in [1.82, 2.24) is 9.97 Å². The van der Waals surface area contributed by atoms with Crippen LogP contribution in [-0.2, 0) is 0 Å². The molecule has 6 heteroatoms. The zero-order valence-corrected chi connectivity index (χ0v) is 10.8. The molecule has 1 aliphatic heterocycles. The van der Waals surface area contributed by atoms with Crippen molar-refractivity contribution in [2.45, 2.75) is 0 Å². The first-order chi connectivity index (χ1) is 10.2. The predicted molar refractivity (Wildman–Crippen MR) is 74.6 cm³/mol. The maximum absolute atomic E-state index is 11.0. The predicted octanol–water partition coefficient (Wildman–Crippen LogP) is 2.66. The molecule has 104 valence electrons. The van der Waals surface area contributed by atoms with E-state index in [-0.39, 0.29) is 12.4 Å². The highest BCUT2D eigenvalue weighted by molar-refractivity contribution is 5.93. The van der Waals surface area contributed by atoms with Crippen molar-refractivity contribution >= 4 is 17.0 Å². The summed E-state index contributed by atoms with van der Waals surface area (Å²) in [5.41, 5.74) is 2.38. The Labute approximate surface area is 119 Å². The molecule has 1 aromatic heterocycles. The van der Waals surface area contributed by atoms with Crippen LogP contribution < -0.4 is 9.47 Å². The first-order valence-electron chi connectivity index (χ1n) is 6.34. The number of H-pyrrole nitrogens is 1. The summed E-state index contributed by atoms with van der Waals surface area (Å²) in [6.07, 6.45) is 0. The summed E-state index contributed by atoms with van der Waals surface area (Å²) in [6.45, 7) is 0.190. The molecule has 3 aromatic rings. The minimum Gasteiger partial charge on any atom is -0.478 e. The van der Waals surface area contributed by atoms with E-state index < -0.39 is 5.97 Å². The molecule has 0 unspecified atom stereocenters. The average Bonchev–Trinajstić information content (AvgIpc) is 3.12. The largest absolute Gasteiger partial charge is 0.478 e. The molecule has 0 atom stereocenters. The molecule has 21 heavy (non-hydrogen) atoms. The SMILES string of the molecule is O=C(O)c1ccc2nc(-c3cccc4c3OCO4)[nH]c2c1. The Morgan fingerprint density at radius 2 is 2.14 bits per heavy atom. The molecule has 0 radical (unpaired) electrons. The molecule has 0 amide bonds. The number of imidazole rings is 1. The van der Waals surface area contributed by atoms with Gasteiger partial charge >= 0.3 is 5.97 Å². The molecular formula is C15H10N2O4. The molecule has 2 aromatic carbocycles. The average molecular weight is 282 g/mol. The first kappa shape index (κ1) is 11.8. The smallest absolute Gasteiger partial charge is 0.335 e. The van der Waals surface area contributed by atoms with Crippen LogP contribution >= 0.6 is 0 Å². The number of aromatic amines is 1. The van der Waals surface area contributed by atoms with E-state index in [1.807, 2.05) is 18.2 Å². The van der Waals surface area contributed by atoms with Gasteiger partial charge in [-0.1, -0.05) is 6.07 Å². The number of benzene rings is 2. The molecule has 0 fully saturated rings. The number of para-hydroxylation sites is 1. The lowest BCUT2D eigenvalue weighted by Gasteiger charge is -2.01. The van der Waals surface area contributed by atoms with Crippen LogP contribution in [0.15, 0.2) is 36.4 Å². The van der Waals surface area contributed by atoms with Gasteiger partial charge in [0, 0.05) is 0 Å². The van der Waals surface area contributed by atoms with Gasteiger partial charge in [-0.15, -0.1) is 0 Å². The molecule has 6 nitrogen and oxygen atoms in total. The van der Waals surface area contributed by atoms with E-state index in [1.54, 1.807) is 12.1 Å². The van der Waals surface area contributed by atoms with Crippen molar-refractivity contribution in [2.75, 3.05) is 6.79 Å². The highest BCUT2D eigenvalue weighted by Crippen LogP contribution is 2.40. The minimum absolute atomic E-state index is 0.190. The normalized spacial score (nSPS) is 12.8. The van der Waals surface area contributed by atoms with Crippen LogP contribution in [0.1, 0.15) is 10.4 Å². The Hall–Kier alpha value is -3.02. The molecule has 4 rings (SSSR count). The fourth-order valence-electron chi connectivity index (χ4n) is 2.39. The van der Waals surface area contributed by atoms with Crippen molar-refractivity contribution in [2.24, 2.45) is 0 Å². The van der Waals surface area contributed by atoms with Gasteiger partial charge in [-0.2, -0.15) is 0 Å². The van der Waals surface area contributed by atoms with Crippen LogP contribution in [0.4, 0.5) is 0 Å². The summed E-state index contributed by atoms with van der Waals surface area (Å²) in [4.78, 5) is 18.6. The summed E-state index contributed by atoms with van der Waals surface area (Å²) in [5, 5.41) is 9.02. The number of hydrogen-bond donors (Lipinski definition) is 2. The summed E-state index contributed by atoms with van der Waals surface area (Å²) < 4.78 is 10.8. The van der Waals surface area contributed by atoms with Gasteiger partial charge in [0.15, 0.2) is 11.5 Å². The number of rotatable bonds is 2. The van der Waals surface area contributed by atoms with Gasteiger partial charge in [0.2, 0.25) is 6.79 Å². The van der Waals surface area contributed by atoms with Crippen LogP contribution in [0, 0.1) is 0 Å². The summed E-state index contributed by atoms with van der Waals surface area (Å²) >= 11 is 0. The molecule has 0 saturated carbocycles. The number of carbonyl (C=O) groups is 1. The number of aromatic carboxylic acids is 1. The van der Waals surface area contributed by atoms with E-state index in [9.17, 15) is 4.79 Å². The molecule has 0 aliphatic carbocycles. The van der Waals surface area contributed by atoms with Gasteiger partial charge in [0.05, 0.1) is 22.2 Å². The lowest BCUT2D eigenvalue weighted by Crippen LogP contribution is -1.94. The second-order valence-corrected chi connectivity index (χ2v) is 4.66. The van der Waals surface area contributed by atoms with Crippen molar-refractivity contribution in [3.05, 3.63) is 42.0 Å². The zero-order chi connectivity index (χ0) is 14.4. The van der Waals surface area contributed by atoms with Gasteiger partial charge in [-0.25, -0.2) is 9.78 Å². The summed E-state index contributed by atoms with van der Waals surface area (Å²) in [7, 11) is 0. The Morgan fingerprint density at radius 1 is 1.24 bits per heavy atom. The number of nitrogens with zero attached hydrogens (tertiary/aromatic N) is 1. The third kappa shape index (κ3) is 1.80. The molecular weight excluding hydrogens is 272 g/mol. The topological polar surface area (TPSA) is 84.4 Å². The van der Waals surface area contributed by atoms with Crippen molar-refractivity contribution < 1.29 is 19.4 Å². The van der Waals surface area contributed by atoms with Crippen LogP contribution in [0.5, 0.6) is 11.5 Å². The monoisotopic (exact) mass is 282 g/mol. The van der Waals surface area contributed by atoms with E-state index in [4.69, 9.17) is 14.6 Å². The molecule has 2 heterocycles. The standard InChI is InChI=1S/C15H10N2O4/c18-15(19)8-4-5-10-11(6-8)17-14(16-10)9-2-1-3-12-13(9)21-7-20-12/h1-6H,7H2,(H,16,17)(H,18,19). The molecule has 0 bridgehead atoms. The van der Waals surface area contributed by atoms with Gasteiger partial charge in [0.25, 0.3) is 0 Å². The number of nitrogens with one attached hydrogen (secondary N) is 1. The molecule has 0 saturated heterocycles. The lowest BCUT2D eigenvalue weighted by molar-refractivity contribution is 0.0697. The molecule has 2 N–H and O–H groups in total. The van der Waals surface area contributed by atoms with Crippen molar-refractivity contribution in [3.63, 3.8) is 0 Å². The van der Waals surface area contributed by atoms with Crippen molar-refractivity contribution in [3.8, 4) is 22.9 Å². The molecule has 0 spiro atoms. The van der Waals surface area contributed by atoms with Gasteiger partial charge in [-0.05, 0) is 30.3 Å². The summed E-state index contributed by atoms with van der Waals surface area (Å²) in [6, 6.07) is 10.3. The second-order valence-electron chi connectivity index (χ2n) is 4.66. The number of carboxylic acid groups (broad SMARTS) is 1. The number of hydrogen-bond acceptors (Lipinski definition) is 4. The Morgan fingerprint density at radius 3 is 3.00 bits per heavy atom. The Balaban J connectivity index is 1.88. The number of aromatic nitrogens is 2. The zero-order valence-electron chi connectivity index (χ0n) is 10.8. The number of fused-ring (bicyclic) bond motifs is 2. The van der Waals surface area contributed by atoms with E-state index in [2.05, 4.69) is 9.97 Å². The fraction of sp³-hybridized carbons (Fsp3) is 0.0667. The van der Waals surface area contributed by atoms with E-state index in [0.717, 1.165) is 5.56 Å². The highest BCUT2D eigenvalue weighted by atomic mass is 16.7. The first-order valence-corrected chi connectivity index (χ1v) is 6.34. The van der Waals surface area contributed by atoms with Crippen LogP contribution in [-0.4, -0.2) is 27.8 Å². The van der Waals surface area contributed by atoms with Crippen LogP contribution in [0.25, 0.3) is 22.4 Å². The third-order valence-electron chi connectivity index (χ3n) is 3.38. The van der Waals surface area contributed by atoms with Crippen LogP contribution in [0.2, 0.25) is 0 Å². The highest BCUT2D eigenvalue weighted by Gasteiger charge is 2.20. The van der Waals surface area contributed by atoms with E-state index >= 15 is 0 Å². The van der Waals surface area contributed by atoms with E-state index in [1.165, 1.54) is 6.07 Å². The van der Waals surface area contributed by atoms with E-state index in [0.29, 0.717) is 28.4 Å². The van der Waals surface area contributed by atoms with Gasteiger partial charge < -0.3 is 19.6 Å². The fourth-order valence-corrected chi connectivity index (χ4v) is 2.39. The maximum Gasteiger partial charge on any atom is 0.335 e. The van der Waals surface area contributed by atoms with Crippen LogP contribution in [0.3, 0.4) is 0 Å². The minimum atomic E-state index is -0.967. The summed E-state index contributed by atoms with van der Waals surface area (Å²) in [5.74, 6) is 0.981. The second kappa shape index (κ2) is 4.24. The van der Waals surface area contributed by atoms with Gasteiger partial charge in [0.1, 0.15) is 5.82 Å². The molecule has 1 aliphatic rings. The third-order valence-corrected chi connectivity index (χ3v) is 3.38.